The first-order valence-electron chi connectivity index (χ1n) is 4.98. The van der Waals surface area contributed by atoms with E-state index in [2.05, 4.69) is 4.72 Å². The molecular weight excluding hydrogens is 247 g/mol. The number of sulfonamides is 1. The van der Waals surface area contributed by atoms with E-state index in [9.17, 15) is 12.8 Å². The second kappa shape index (κ2) is 5.83. The van der Waals surface area contributed by atoms with Crippen LogP contribution in [0.1, 0.15) is 6.42 Å². The Balaban J connectivity index is 2.69. The molecule has 0 amide bonds. The minimum Gasteiger partial charge on any atom is -0.399 e. The van der Waals surface area contributed by atoms with Gasteiger partial charge in [-0.15, -0.1) is 0 Å². The number of rotatable bonds is 6. The number of anilines is 2. The van der Waals surface area contributed by atoms with E-state index in [-0.39, 0.29) is 17.1 Å². The van der Waals surface area contributed by atoms with E-state index in [4.69, 9.17) is 10.5 Å². The summed E-state index contributed by atoms with van der Waals surface area (Å²) in [6, 6.07) is 3.55. The second-order valence-electron chi connectivity index (χ2n) is 3.54. The fourth-order valence-corrected chi connectivity index (χ4v) is 2.37. The topological polar surface area (TPSA) is 81.4 Å². The Morgan fingerprint density at radius 1 is 1.41 bits per heavy atom. The lowest BCUT2D eigenvalue weighted by molar-refractivity contribution is 0.199. The predicted molar refractivity (Wildman–Crippen MR) is 64.7 cm³/mol. The van der Waals surface area contributed by atoms with Gasteiger partial charge in [-0.2, -0.15) is 0 Å². The van der Waals surface area contributed by atoms with Crippen molar-refractivity contribution in [3.8, 4) is 0 Å². The summed E-state index contributed by atoms with van der Waals surface area (Å²) in [5.74, 6) is -0.670. The summed E-state index contributed by atoms with van der Waals surface area (Å²) >= 11 is 0. The van der Waals surface area contributed by atoms with Gasteiger partial charge in [0.2, 0.25) is 10.0 Å². The maximum absolute atomic E-state index is 13.0. The standard InChI is InChI=1S/C10H15FN2O3S/c1-16-3-2-4-17(14,15)13-10-6-8(11)5-9(12)7-10/h5-7,13H,2-4,12H2,1H3. The Hall–Kier alpha value is -1.34. The van der Waals surface area contributed by atoms with Crippen molar-refractivity contribution in [2.45, 2.75) is 6.42 Å². The van der Waals surface area contributed by atoms with Crippen LogP contribution in [0.5, 0.6) is 0 Å². The third-order valence-corrected chi connectivity index (χ3v) is 3.33. The molecule has 0 fully saturated rings. The highest BCUT2D eigenvalue weighted by atomic mass is 32.2. The van der Waals surface area contributed by atoms with Gasteiger partial charge in [-0.3, -0.25) is 4.72 Å². The number of halogens is 1. The summed E-state index contributed by atoms with van der Waals surface area (Å²) in [5.41, 5.74) is 5.70. The molecule has 0 aliphatic heterocycles. The molecule has 0 radical (unpaired) electrons. The number of nitrogens with one attached hydrogen (secondary N) is 1. The van der Waals surface area contributed by atoms with Gasteiger partial charge >= 0.3 is 0 Å². The minimum absolute atomic E-state index is 0.0861. The van der Waals surface area contributed by atoms with E-state index in [1.165, 1.54) is 13.2 Å². The molecule has 0 aromatic heterocycles. The molecular formula is C10H15FN2O3S. The van der Waals surface area contributed by atoms with Crippen molar-refractivity contribution in [2.75, 3.05) is 29.9 Å². The zero-order chi connectivity index (χ0) is 12.9. The van der Waals surface area contributed by atoms with Crippen LogP contribution in [-0.2, 0) is 14.8 Å². The zero-order valence-corrected chi connectivity index (χ0v) is 10.3. The average Bonchev–Trinajstić information content (AvgIpc) is 2.14. The summed E-state index contributed by atoms with van der Waals surface area (Å²) in [5, 5.41) is 0. The third kappa shape index (κ3) is 5.01. The van der Waals surface area contributed by atoms with Crippen LogP contribution in [0.4, 0.5) is 15.8 Å². The van der Waals surface area contributed by atoms with Gasteiger partial charge in [0.1, 0.15) is 5.82 Å². The lowest BCUT2D eigenvalue weighted by Crippen LogP contribution is -2.18. The average molecular weight is 262 g/mol. The fraction of sp³-hybridized carbons (Fsp3) is 0.400. The predicted octanol–water partition coefficient (Wildman–Crippen LogP) is 1.19. The zero-order valence-electron chi connectivity index (χ0n) is 9.44. The Morgan fingerprint density at radius 3 is 2.71 bits per heavy atom. The van der Waals surface area contributed by atoms with Crippen LogP contribution in [0.15, 0.2) is 18.2 Å². The third-order valence-electron chi connectivity index (χ3n) is 1.95. The Labute approximate surface area is 99.8 Å². The molecule has 0 unspecified atom stereocenters. The molecule has 1 aromatic carbocycles. The van der Waals surface area contributed by atoms with Gasteiger partial charge in [0.15, 0.2) is 0 Å². The van der Waals surface area contributed by atoms with Crippen molar-refractivity contribution in [3.05, 3.63) is 24.0 Å². The van der Waals surface area contributed by atoms with Gasteiger partial charge in [-0.25, -0.2) is 12.8 Å². The summed E-state index contributed by atoms with van der Waals surface area (Å²) in [4.78, 5) is 0. The summed E-state index contributed by atoms with van der Waals surface area (Å²) in [7, 11) is -2.00. The molecule has 5 nitrogen and oxygen atoms in total. The summed E-state index contributed by atoms with van der Waals surface area (Å²) in [6.07, 6.45) is 0.372. The van der Waals surface area contributed by atoms with Crippen molar-refractivity contribution in [1.29, 1.82) is 0 Å². The van der Waals surface area contributed by atoms with E-state index in [1.54, 1.807) is 0 Å². The van der Waals surface area contributed by atoms with E-state index in [1.807, 2.05) is 0 Å². The highest BCUT2D eigenvalue weighted by Gasteiger charge is 2.10. The van der Waals surface area contributed by atoms with Gasteiger partial charge in [0, 0.05) is 19.4 Å². The molecule has 0 heterocycles. The molecule has 0 saturated carbocycles. The monoisotopic (exact) mass is 262 g/mol. The summed E-state index contributed by atoms with van der Waals surface area (Å²) < 4.78 is 43.1. The Bertz CT molecular complexity index is 456. The van der Waals surface area contributed by atoms with E-state index in [0.717, 1.165) is 12.1 Å². The van der Waals surface area contributed by atoms with Gasteiger partial charge in [0.25, 0.3) is 0 Å². The normalized spacial score (nSPS) is 11.4. The van der Waals surface area contributed by atoms with Crippen LogP contribution >= 0.6 is 0 Å². The molecule has 17 heavy (non-hydrogen) atoms. The first kappa shape index (κ1) is 13.7. The molecule has 0 bridgehead atoms. The van der Waals surface area contributed by atoms with Crippen LogP contribution in [0.25, 0.3) is 0 Å². The molecule has 96 valence electrons. The van der Waals surface area contributed by atoms with E-state index < -0.39 is 15.8 Å². The van der Waals surface area contributed by atoms with E-state index in [0.29, 0.717) is 13.0 Å². The first-order valence-corrected chi connectivity index (χ1v) is 6.64. The molecule has 3 N–H and O–H groups in total. The minimum atomic E-state index is -3.49. The lowest BCUT2D eigenvalue weighted by Gasteiger charge is -2.08. The van der Waals surface area contributed by atoms with Gasteiger partial charge < -0.3 is 10.5 Å². The molecule has 0 aliphatic carbocycles. The molecule has 0 spiro atoms. The number of benzene rings is 1. The van der Waals surface area contributed by atoms with Crippen molar-refractivity contribution in [2.24, 2.45) is 0 Å². The van der Waals surface area contributed by atoms with Crippen molar-refractivity contribution in [3.63, 3.8) is 0 Å². The molecule has 0 atom stereocenters. The fourth-order valence-electron chi connectivity index (χ4n) is 1.30. The number of nitrogen functional groups attached to an aromatic ring is 1. The number of nitrogens with two attached hydrogens (primary N) is 1. The number of hydrogen-bond donors (Lipinski definition) is 2. The molecule has 1 aromatic rings. The number of ether oxygens (including phenoxy) is 1. The quantitative estimate of drug-likeness (QED) is 0.596. The van der Waals surface area contributed by atoms with Gasteiger partial charge in [-0.05, 0) is 24.6 Å². The van der Waals surface area contributed by atoms with Crippen LogP contribution in [0, 0.1) is 5.82 Å². The smallest absolute Gasteiger partial charge is 0.232 e. The van der Waals surface area contributed by atoms with E-state index >= 15 is 0 Å². The summed E-state index contributed by atoms with van der Waals surface area (Å²) in [6.45, 7) is 0.353. The first-order chi connectivity index (χ1) is 7.93. The molecule has 1 rings (SSSR count). The van der Waals surface area contributed by atoms with Crippen LogP contribution in [-0.4, -0.2) is 27.9 Å². The van der Waals surface area contributed by atoms with Gasteiger partial charge in [-0.1, -0.05) is 0 Å². The second-order valence-corrected chi connectivity index (χ2v) is 5.38. The number of hydrogen-bond acceptors (Lipinski definition) is 4. The lowest BCUT2D eigenvalue weighted by atomic mass is 10.3. The van der Waals surface area contributed by atoms with Crippen molar-refractivity contribution < 1.29 is 17.5 Å². The molecule has 7 heteroatoms. The SMILES string of the molecule is COCCCS(=O)(=O)Nc1cc(N)cc(F)c1. The maximum atomic E-state index is 13.0. The van der Waals surface area contributed by atoms with Crippen LogP contribution in [0.3, 0.4) is 0 Å². The van der Waals surface area contributed by atoms with Crippen molar-refractivity contribution in [1.82, 2.24) is 0 Å². The molecule has 0 aliphatic rings. The van der Waals surface area contributed by atoms with Crippen LogP contribution in [0.2, 0.25) is 0 Å². The van der Waals surface area contributed by atoms with Crippen LogP contribution < -0.4 is 10.5 Å². The van der Waals surface area contributed by atoms with Gasteiger partial charge in [0.05, 0.1) is 11.4 Å². The Morgan fingerprint density at radius 2 is 2.12 bits per heavy atom. The Kier molecular flexibility index (Phi) is 4.71. The number of methoxy groups -OCH3 is 1. The highest BCUT2D eigenvalue weighted by Crippen LogP contribution is 2.16. The largest absolute Gasteiger partial charge is 0.399 e. The molecule has 0 saturated heterocycles. The maximum Gasteiger partial charge on any atom is 0.232 e. The highest BCUT2D eigenvalue weighted by molar-refractivity contribution is 7.92. The van der Waals surface area contributed by atoms with Crippen molar-refractivity contribution >= 4 is 21.4 Å².